The van der Waals surface area contributed by atoms with Crippen molar-refractivity contribution in [1.82, 2.24) is 10.2 Å². The molecule has 1 N–H and O–H groups in total. The highest BCUT2D eigenvalue weighted by atomic mass is 35.5. The Morgan fingerprint density at radius 3 is 2.32 bits per heavy atom. The molecule has 0 aliphatic rings. The summed E-state index contributed by atoms with van der Waals surface area (Å²) in [6.07, 6.45) is 2.02. The minimum absolute atomic E-state index is 0.106. The molecule has 0 bridgehead atoms. The number of nitrogens with one attached hydrogen (secondary N) is 1. The maximum Gasteiger partial charge on any atom is 0.242 e. The third-order valence-electron chi connectivity index (χ3n) is 5.59. The van der Waals surface area contributed by atoms with E-state index in [0.717, 1.165) is 11.8 Å². The Hall–Kier alpha value is -2.58. The van der Waals surface area contributed by atoms with Crippen molar-refractivity contribution in [3.63, 3.8) is 0 Å². The van der Waals surface area contributed by atoms with Gasteiger partial charge in [0.1, 0.15) is 6.04 Å². The fourth-order valence-corrected chi connectivity index (χ4v) is 5.03. The zero-order valence-corrected chi connectivity index (χ0v) is 21.8. The Balaban J connectivity index is 2.21. The largest absolute Gasteiger partial charge is 0.355 e. The molecule has 34 heavy (non-hydrogen) atoms. The highest BCUT2D eigenvalue weighted by Crippen LogP contribution is 2.28. The van der Waals surface area contributed by atoms with E-state index in [1.165, 1.54) is 4.31 Å². The minimum Gasteiger partial charge on any atom is -0.355 e. The van der Waals surface area contributed by atoms with Crippen molar-refractivity contribution in [2.45, 2.75) is 52.6 Å². The Kier molecular flexibility index (Phi) is 10.4. The molecular formula is C25H34ClN3O4S. The molecule has 0 saturated heterocycles. The summed E-state index contributed by atoms with van der Waals surface area (Å²) in [5, 5.41) is 3.29. The first-order valence-electron chi connectivity index (χ1n) is 11.4. The summed E-state index contributed by atoms with van der Waals surface area (Å²) in [6.45, 7) is 6.39. The molecule has 2 amide bonds. The first-order chi connectivity index (χ1) is 16.1. The van der Waals surface area contributed by atoms with E-state index < -0.39 is 16.1 Å². The zero-order chi connectivity index (χ0) is 25.3. The smallest absolute Gasteiger partial charge is 0.242 e. The van der Waals surface area contributed by atoms with E-state index in [9.17, 15) is 18.0 Å². The van der Waals surface area contributed by atoms with E-state index in [1.807, 2.05) is 44.2 Å². The first kappa shape index (κ1) is 27.7. The maximum atomic E-state index is 13.3. The third kappa shape index (κ3) is 7.46. The van der Waals surface area contributed by atoms with Crippen LogP contribution < -0.4 is 9.62 Å². The van der Waals surface area contributed by atoms with Crippen molar-refractivity contribution in [3.8, 4) is 0 Å². The molecule has 0 spiro atoms. The van der Waals surface area contributed by atoms with Crippen LogP contribution in [0.4, 0.5) is 5.69 Å². The van der Waals surface area contributed by atoms with E-state index in [2.05, 4.69) is 5.32 Å². The number of amides is 2. The van der Waals surface area contributed by atoms with Crippen molar-refractivity contribution in [2.75, 3.05) is 23.7 Å². The number of carbonyl (C=O) groups excluding carboxylic acids is 2. The molecule has 0 radical (unpaired) electrons. The Morgan fingerprint density at radius 2 is 1.74 bits per heavy atom. The van der Waals surface area contributed by atoms with Gasteiger partial charge in [0.15, 0.2) is 0 Å². The second-order valence-corrected chi connectivity index (χ2v) is 10.5. The van der Waals surface area contributed by atoms with Gasteiger partial charge in [-0.2, -0.15) is 0 Å². The van der Waals surface area contributed by atoms with E-state index >= 15 is 0 Å². The molecule has 186 valence electrons. The summed E-state index contributed by atoms with van der Waals surface area (Å²) in [7, 11) is -3.58. The second-order valence-electron chi connectivity index (χ2n) is 8.15. The average molecular weight is 508 g/mol. The molecule has 0 heterocycles. The minimum atomic E-state index is -3.58. The lowest BCUT2D eigenvalue weighted by atomic mass is 10.1. The lowest BCUT2D eigenvalue weighted by molar-refractivity contribution is -0.141. The Labute approximate surface area is 208 Å². The molecule has 0 aromatic heterocycles. The fourth-order valence-electron chi connectivity index (χ4n) is 3.84. The van der Waals surface area contributed by atoms with Crippen LogP contribution in [0.5, 0.6) is 0 Å². The van der Waals surface area contributed by atoms with Crippen molar-refractivity contribution in [1.29, 1.82) is 0 Å². The van der Waals surface area contributed by atoms with Gasteiger partial charge < -0.3 is 10.2 Å². The van der Waals surface area contributed by atoms with E-state index in [0.29, 0.717) is 42.2 Å². The van der Waals surface area contributed by atoms with Crippen molar-refractivity contribution < 1.29 is 18.0 Å². The van der Waals surface area contributed by atoms with Crippen LogP contribution in [0, 0.1) is 6.92 Å². The Morgan fingerprint density at radius 1 is 1.06 bits per heavy atom. The number of rotatable bonds is 12. The molecule has 7 nitrogen and oxygen atoms in total. The number of likely N-dealkylation sites (N-methyl/N-ethyl adjacent to an activating group) is 1. The van der Waals surface area contributed by atoms with Crippen LogP contribution in [0.15, 0.2) is 48.5 Å². The lowest BCUT2D eigenvalue weighted by Crippen LogP contribution is -2.49. The summed E-state index contributed by atoms with van der Waals surface area (Å²) in [4.78, 5) is 27.6. The number of carbonyl (C=O) groups is 2. The van der Waals surface area contributed by atoms with Gasteiger partial charge in [-0.3, -0.25) is 13.9 Å². The summed E-state index contributed by atoms with van der Waals surface area (Å²) in [5.41, 5.74) is 2.08. The van der Waals surface area contributed by atoms with Gasteiger partial charge in [-0.25, -0.2) is 8.42 Å². The fraction of sp³-hybridized carbons (Fsp3) is 0.440. The molecule has 0 fully saturated rings. The van der Waals surface area contributed by atoms with Crippen LogP contribution >= 0.6 is 11.6 Å². The van der Waals surface area contributed by atoms with Gasteiger partial charge in [0.25, 0.3) is 0 Å². The number of sulfonamides is 1. The SMILES string of the molecule is CCNC(=O)C(CC)N(Cc1ccccc1)C(=O)CCCN(c1cccc(Cl)c1C)S(C)(=O)=O. The van der Waals surface area contributed by atoms with Crippen LogP contribution in [0.2, 0.25) is 5.02 Å². The van der Waals surface area contributed by atoms with Crippen LogP contribution in [-0.2, 0) is 26.2 Å². The number of benzene rings is 2. The summed E-state index contributed by atoms with van der Waals surface area (Å²) in [5.74, 6) is -0.389. The van der Waals surface area contributed by atoms with Gasteiger partial charge in [0.05, 0.1) is 11.9 Å². The summed E-state index contributed by atoms with van der Waals surface area (Å²) in [6, 6.07) is 14.0. The van der Waals surface area contributed by atoms with Gasteiger partial charge in [-0.1, -0.05) is 54.9 Å². The predicted molar refractivity (Wildman–Crippen MR) is 137 cm³/mol. The van der Waals surface area contributed by atoms with Crippen LogP contribution in [-0.4, -0.2) is 50.5 Å². The summed E-state index contributed by atoms with van der Waals surface area (Å²) < 4.78 is 26.3. The van der Waals surface area contributed by atoms with Gasteiger partial charge >= 0.3 is 0 Å². The number of halogens is 1. The molecule has 0 saturated carbocycles. The maximum absolute atomic E-state index is 13.3. The molecule has 0 aliphatic carbocycles. The first-order valence-corrected chi connectivity index (χ1v) is 13.7. The number of anilines is 1. The summed E-state index contributed by atoms with van der Waals surface area (Å²) >= 11 is 6.20. The van der Waals surface area contributed by atoms with Crippen LogP contribution in [0.1, 0.15) is 44.2 Å². The molecule has 0 aliphatic heterocycles. The van der Waals surface area contributed by atoms with Gasteiger partial charge in [0, 0.05) is 31.1 Å². The quantitative estimate of drug-likeness (QED) is 0.467. The number of nitrogens with zero attached hydrogens (tertiary/aromatic N) is 2. The van der Waals surface area contributed by atoms with Crippen LogP contribution in [0.3, 0.4) is 0 Å². The van der Waals surface area contributed by atoms with Crippen molar-refractivity contribution in [3.05, 3.63) is 64.7 Å². The average Bonchev–Trinajstić information content (AvgIpc) is 2.79. The molecule has 1 unspecified atom stereocenters. The molecule has 1 atom stereocenters. The number of hydrogen-bond donors (Lipinski definition) is 1. The van der Waals surface area contributed by atoms with E-state index in [-0.39, 0.29) is 24.8 Å². The molecular weight excluding hydrogens is 474 g/mol. The van der Waals surface area contributed by atoms with E-state index in [1.54, 1.807) is 30.0 Å². The molecule has 9 heteroatoms. The lowest BCUT2D eigenvalue weighted by Gasteiger charge is -2.31. The molecule has 2 rings (SSSR count). The van der Waals surface area contributed by atoms with Gasteiger partial charge in [0.2, 0.25) is 21.8 Å². The van der Waals surface area contributed by atoms with Gasteiger partial charge in [-0.15, -0.1) is 0 Å². The number of hydrogen-bond acceptors (Lipinski definition) is 4. The molecule has 2 aromatic carbocycles. The Bertz CT molecular complexity index is 1080. The van der Waals surface area contributed by atoms with Gasteiger partial charge in [-0.05, 0) is 49.9 Å². The monoisotopic (exact) mass is 507 g/mol. The third-order valence-corrected chi connectivity index (χ3v) is 7.18. The van der Waals surface area contributed by atoms with Crippen LogP contribution in [0.25, 0.3) is 0 Å². The van der Waals surface area contributed by atoms with Crippen molar-refractivity contribution >= 4 is 39.1 Å². The van der Waals surface area contributed by atoms with Crippen molar-refractivity contribution in [2.24, 2.45) is 0 Å². The normalized spacial score (nSPS) is 12.1. The second kappa shape index (κ2) is 12.8. The standard InChI is InChI=1S/C25H34ClN3O4S/c1-5-22(25(31)27-6-2)28(18-20-12-8-7-9-13-20)24(30)16-11-17-29(34(4,32)33)23-15-10-14-21(26)19(23)3/h7-10,12-15,22H,5-6,11,16-18H2,1-4H3,(H,27,31). The predicted octanol–water partition coefficient (Wildman–Crippen LogP) is 4.14. The topological polar surface area (TPSA) is 86.8 Å². The zero-order valence-electron chi connectivity index (χ0n) is 20.3. The highest BCUT2D eigenvalue weighted by Gasteiger charge is 2.28. The highest BCUT2D eigenvalue weighted by molar-refractivity contribution is 7.92. The van der Waals surface area contributed by atoms with E-state index in [4.69, 9.17) is 11.6 Å². The molecule has 2 aromatic rings.